The van der Waals surface area contributed by atoms with Crippen LogP contribution in [0.2, 0.25) is 0 Å². The molecule has 94 valence electrons. The molecule has 2 bridgehead atoms. The van der Waals surface area contributed by atoms with E-state index in [2.05, 4.69) is 25.8 Å². The van der Waals surface area contributed by atoms with E-state index in [1.807, 2.05) is 24.3 Å². The molecule has 0 aliphatic heterocycles. The van der Waals surface area contributed by atoms with Crippen molar-refractivity contribution in [3.63, 3.8) is 0 Å². The highest BCUT2D eigenvalue weighted by molar-refractivity contribution is 6.07. The van der Waals surface area contributed by atoms with Crippen LogP contribution in [0.1, 0.15) is 39.3 Å². The summed E-state index contributed by atoms with van der Waals surface area (Å²) in [4.78, 5) is 16.9. The second kappa shape index (κ2) is 3.53. The summed E-state index contributed by atoms with van der Waals surface area (Å²) in [5, 5.41) is 0. The molecule has 2 heteroatoms. The van der Waals surface area contributed by atoms with E-state index in [4.69, 9.17) is 0 Å². The molecule has 0 saturated heterocycles. The molecule has 2 aliphatic rings. The number of hydrogen-bond acceptors (Lipinski definition) is 2. The van der Waals surface area contributed by atoms with Crippen LogP contribution in [0.25, 0.3) is 6.08 Å². The maximum Gasteiger partial charge on any atom is 0.165 e. The maximum absolute atomic E-state index is 12.6. The number of pyridine rings is 1. The summed E-state index contributed by atoms with van der Waals surface area (Å²) in [7, 11) is 0. The number of carbonyl (C=O) groups excluding carboxylic acids is 1. The van der Waals surface area contributed by atoms with Crippen LogP contribution < -0.4 is 0 Å². The second-order valence-corrected chi connectivity index (χ2v) is 6.33. The first kappa shape index (κ1) is 11.6. The van der Waals surface area contributed by atoms with Crippen molar-refractivity contribution in [2.75, 3.05) is 0 Å². The Morgan fingerprint density at radius 2 is 2.11 bits per heavy atom. The van der Waals surface area contributed by atoms with Gasteiger partial charge in [-0.2, -0.15) is 0 Å². The third-order valence-corrected chi connectivity index (χ3v) is 5.36. The molecule has 0 unspecified atom stereocenters. The molecule has 1 heterocycles. The molecule has 1 aromatic heterocycles. The molecule has 2 atom stereocenters. The Morgan fingerprint density at radius 1 is 1.33 bits per heavy atom. The lowest BCUT2D eigenvalue weighted by molar-refractivity contribution is -0.125. The molecule has 0 radical (unpaired) electrons. The summed E-state index contributed by atoms with van der Waals surface area (Å²) in [6.45, 7) is 6.61. The van der Waals surface area contributed by atoms with Crippen LogP contribution in [0.4, 0.5) is 0 Å². The molecule has 1 aromatic rings. The van der Waals surface area contributed by atoms with Gasteiger partial charge >= 0.3 is 0 Å². The molecule has 2 aliphatic carbocycles. The van der Waals surface area contributed by atoms with Gasteiger partial charge in [-0.1, -0.05) is 26.8 Å². The lowest BCUT2D eigenvalue weighted by Crippen LogP contribution is -2.32. The number of nitrogens with zero attached hydrogens (tertiary/aromatic N) is 1. The van der Waals surface area contributed by atoms with Gasteiger partial charge in [0.15, 0.2) is 5.78 Å². The number of aromatic nitrogens is 1. The molecule has 0 amide bonds. The Labute approximate surface area is 108 Å². The van der Waals surface area contributed by atoms with E-state index < -0.39 is 0 Å². The molecule has 2 nitrogen and oxygen atoms in total. The zero-order chi connectivity index (χ0) is 13.0. The largest absolute Gasteiger partial charge is 0.294 e. The summed E-state index contributed by atoms with van der Waals surface area (Å²) >= 11 is 0. The summed E-state index contributed by atoms with van der Waals surface area (Å²) in [6.07, 6.45) is 5.94. The van der Waals surface area contributed by atoms with Crippen molar-refractivity contribution < 1.29 is 4.79 Å². The van der Waals surface area contributed by atoms with Gasteiger partial charge in [0, 0.05) is 17.2 Å². The van der Waals surface area contributed by atoms with E-state index in [0.29, 0.717) is 11.7 Å². The Bertz CT molecular complexity index is 529. The van der Waals surface area contributed by atoms with Gasteiger partial charge in [-0.15, -0.1) is 0 Å². The van der Waals surface area contributed by atoms with E-state index in [1.165, 1.54) is 0 Å². The number of Topliss-reactive ketones (excluding diaryl/α,β-unsaturated/α-hetero) is 1. The number of hydrogen-bond donors (Lipinski definition) is 0. The highest BCUT2D eigenvalue weighted by Crippen LogP contribution is 2.65. The van der Waals surface area contributed by atoms with Crippen molar-refractivity contribution >= 4 is 11.9 Å². The smallest absolute Gasteiger partial charge is 0.165 e. The maximum atomic E-state index is 12.6. The predicted octanol–water partition coefficient (Wildman–Crippen LogP) is 3.49. The van der Waals surface area contributed by atoms with Crippen molar-refractivity contribution in [2.24, 2.45) is 16.7 Å². The van der Waals surface area contributed by atoms with E-state index >= 15 is 0 Å². The lowest BCUT2D eigenvalue weighted by atomic mass is 9.70. The van der Waals surface area contributed by atoms with Crippen molar-refractivity contribution in [1.82, 2.24) is 4.98 Å². The van der Waals surface area contributed by atoms with Crippen LogP contribution in [0, 0.1) is 16.7 Å². The summed E-state index contributed by atoms with van der Waals surface area (Å²) in [6, 6.07) is 5.82. The van der Waals surface area contributed by atoms with Gasteiger partial charge in [-0.05, 0) is 42.4 Å². The van der Waals surface area contributed by atoms with Gasteiger partial charge in [-0.3, -0.25) is 9.78 Å². The van der Waals surface area contributed by atoms with Gasteiger partial charge in [0.05, 0.1) is 5.69 Å². The molecular weight excluding hydrogens is 222 g/mol. The Kier molecular flexibility index (Phi) is 2.28. The fourth-order valence-corrected chi connectivity index (χ4v) is 3.71. The van der Waals surface area contributed by atoms with Crippen molar-refractivity contribution in [3.05, 3.63) is 35.7 Å². The first-order valence-electron chi connectivity index (χ1n) is 6.64. The van der Waals surface area contributed by atoms with E-state index in [1.54, 1.807) is 6.20 Å². The van der Waals surface area contributed by atoms with Crippen LogP contribution in [-0.2, 0) is 4.79 Å². The number of rotatable bonds is 1. The zero-order valence-corrected chi connectivity index (χ0v) is 11.2. The average Bonchev–Trinajstić information content (AvgIpc) is 2.65. The Hall–Kier alpha value is -1.44. The molecule has 2 fully saturated rings. The average molecular weight is 241 g/mol. The minimum atomic E-state index is -0.168. The number of ketones is 1. The number of carbonyl (C=O) groups is 1. The van der Waals surface area contributed by atoms with E-state index in [-0.39, 0.29) is 10.8 Å². The molecule has 0 N–H and O–H groups in total. The van der Waals surface area contributed by atoms with Gasteiger partial charge in [0.1, 0.15) is 0 Å². The monoisotopic (exact) mass is 241 g/mol. The molecule has 2 saturated carbocycles. The van der Waals surface area contributed by atoms with Crippen LogP contribution in [-0.4, -0.2) is 10.8 Å². The minimum Gasteiger partial charge on any atom is -0.294 e. The summed E-state index contributed by atoms with van der Waals surface area (Å²) in [5.41, 5.74) is 1.81. The summed E-state index contributed by atoms with van der Waals surface area (Å²) in [5.74, 6) is 0.742. The van der Waals surface area contributed by atoms with Crippen molar-refractivity contribution in [1.29, 1.82) is 0 Å². The fraction of sp³-hybridized carbons (Fsp3) is 0.500. The quantitative estimate of drug-likeness (QED) is 0.704. The zero-order valence-electron chi connectivity index (χ0n) is 11.2. The highest BCUT2D eigenvalue weighted by Gasteiger charge is 2.63. The second-order valence-electron chi connectivity index (χ2n) is 6.33. The number of fused-ring (bicyclic) bond motifs is 2. The van der Waals surface area contributed by atoms with Gasteiger partial charge in [0.25, 0.3) is 0 Å². The van der Waals surface area contributed by atoms with Crippen LogP contribution in [0.3, 0.4) is 0 Å². The number of allylic oxidation sites excluding steroid dienone is 1. The standard InChI is InChI=1S/C16H19NO/c1-15(2)13-7-8-16(15,3)14(18)12(13)10-11-6-4-5-9-17-11/h4-6,9-10,13H,7-8H2,1-3H3/b12-10+/t13-,16+/m1/s1. The topological polar surface area (TPSA) is 30.0 Å². The molecular formula is C16H19NO. The van der Waals surface area contributed by atoms with E-state index in [9.17, 15) is 4.79 Å². The lowest BCUT2D eigenvalue weighted by Gasteiger charge is -2.31. The Balaban J connectivity index is 2.07. The van der Waals surface area contributed by atoms with Gasteiger partial charge in [0.2, 0.25) is 0 Å². The highest BCUT2D eigenvalue weighted by atomic mass is 16.1. The van der Waals surface area contributed by atoms with Crippen LogP contribution in [0.15, 0.2) is 30.0 Å². The molecule has 0 aromatic carbocycles. The normalized spacial score (nSPS) is 35.4. The third-order valence-electron chi connectivity index (χ3n) is 5.36. The molecule has 0 spiro atoms. The van der Waals surface area contributed by atoms with Crippen LogP contribution in [0.5, 0.6) is 0 Å². The van der Waals surface area contributed by atoms with Crippen LogP contribution >= 0.6 is 0 Å². The van der Waals surface area contributed by atoms with Crippen molar-refractivity contribution in [2.45, 2.75) is 33.6 Å². The molecule has 18 heavy (non-hydrogen) atoms. The SMILES string of the molecule is CC1(C)[C@@H]2CC[C@@]1(C)C(=O)/C2=C/c1ccccn1. The third kappa shape index (κ3) is 1.29. The van der Waals surface area contributed by atoms with Gasteiger partial charge < -0.3 is 0 Å². The van der Waals surface area contributed by atoms with Crippen molar-refractivity contribution in [3.8, 4) is 0 Å². The van der Waals surface area contributed by atoms with E-state index in [0.717, 1.165) is 24.1 Å². The fourth-order valence-electron chi connectivity index (χ4n) is 3.71. The van der Waals surface area contributed by atoms with Gasteiger partial charge in [-0.25, -0.2) is 0 Å². The Morgan fingerprint density at radius 3 is 2.67 bits per heavy atom. The predicted molar refractivity (Wildman–Crippen MR) is 71.8 cm³/mol. The summed E-state index contributed by atoms with van der Waals surface area (Å²) < 4.78 is 0. The first-order valence-corrected chi connectivity index (χ1v) is 6.64. The minimum absolute atomic E-state index is 0.0880. The first-order chi connectivity index (χ1) is 8.47. The molecule has 3 rings (SSSR count).